The Bertz CT molecular complexity index is 385. The van der Waals surface area contributed by atoms with Gasteiger partial charge in [0.25, 0.3) is 0 Å². The molecule has 0 saturated carbocycles. The van der Waals surface area contributed by atoms with E-state index in [1.807, 2.05) is 0 Å². The molecule has 0 radical (unpaired) electrons. The van der Waals surface area contributed by atoms with Gasteiger partial charge in [-0.1, -0.05) is 18.2 Å². The summed E-state index contributed by atoms with van der Waals surface area (Å²) in [5.41, 5.74) is 2.87. The summed E-state index contributed by atoms with van der Waals surface area (Å²) < 4.78 is 0. The van der Waals surface area contributed by atoms with E-state index in [9.17, 15) is 0 Å². The van der Waals surface area contributed by atoms with E-state index in [2.05, 4.69) is 39.4 Å². The van der Waals surface area contributed by atoms with Gasteiger partial charge in [-0.15, -0.1) is 0 Å². The molecule has 1 aromatic carbocycles. The fraction of sp³-hybridized carbons (Fsp3) is 0.600. The van der Waals surface area contributed by atoms with Crippen LogP contribution in [0.2, 0.25) is 0 Å². The van der Waals surface area contributed by atoms with E-state index < -0.39 is 0 Å². The van der Waals surface area contributed by atoms with Crippen molar-refractivity contribution in [2.45, 2.75) is 19.4 Å². The molecule has 98 valence electrons. The molecule has 3 heteroatoms. The first-order valence-corrected chi connectivity index (χ1v) is 7.19. The highest BCUT2D eigenvalue weighted by atomic mass is 15.2. The Balaban J connectivity index is 1.67. The first-order chi connectivity index (χ1) is 8.93. The number of hydrogen-bond donors (Lipinski definition) is 1. The first-order valence-electron chi connectivity index (χ1n) is 7.19. The van der Waals surface area contributed by atoms with Crippen molar-refractivity contribution < 1.29 is 0 Å². The van der Waals surface area contributed by atoms with Crippen LogP contribution in [-0.4, -0.2) is 44.2 Å². The van der Waals surface area contributed by atoms with Gasteiger partial charge in [0.2, 0.25) is 0 Å². The molecule has 3 rings (SSSR count). The molecule has 2 heterocycles. The van der Waals surface area contributed by atoms with Gasteiger partial charge in [0.1, 0.15) is 0 Å². The first kappa shape index (κ1) is 12.0. The lowest BCUT2D eigenvalue weighted by atomic mass is 10.1. The van der Waals surface area contributed by atoms with Crippen molar-refractivity contribution in [3.8, 4) is 0 Å². The van der Waals surface area contributed by atoms with Crippen molar-refractivity contribution >= 4 is 5.69 Å². The number of para-hydroxylation sites is 1. The topological polar surface area (TPSA) is 18.5 Å². The summed E-state index contributed by atoms with van der Waals surface area (Å²) in [5, 5.41) is 3.51. The van der Waals surface area contributed by atoms with Crippen LogP contribution in [0.3, 0.4) is 0 Å². The zero-order valence-electron chi connectivity index (χ0n) is 11.1. The van der Waals surface area contributed by atoms with Crippen LogP contribution in [-0.2, 0) is 6.54 Å². The van der Waals surface area contributed by atoms with Crippen LogP contribution in [0.1, 0.15) is 18.4 Å². The highest BCUT2D eigenvalue weighted by Crippen LogP contribution is 2.22. The number of hydrogen-bond acceptors (Lipinski definition) is 3. The minimum absolute atomic E-state index is 1.01. The van der Waals surface area contributed by atoms with Crippen LogP contribution in [0.4, 0.5) is 5.69 Å². The fourth-order valence-corrected chi connectivity index (χ4v) is 3.03. The molecular weight excluding hydrogens is 222 g/mol. The van der Waals surface area contributed by atoms with Crippen LogP contribution in [0.5, 0.6) is 0 Å². The van der Waals surface area contributed by atoms with E-state index >= 15 is 0 Å². The Hall–Kier alpha value is -1.06. The third-order valence-electron chi connectivity index (χ3n) is 4.09. The fourth-order valence-electron chi connectivity index (χ4n) is 3.03. The van der Waals surface area contributed by atoms with E-state index in [1.54, 1.807) is 0 Å². The molecule has 1 fully saturated rings. The third-order valence-corrected chi connectivity index (χ3v) is 4.09. The summed E-state index contributed by atoms with van der Waals surface area (Å²) in [4.78, 5) is 5.15. The largest absolute Gasteiger partial charge is 0.369 e. The molecule has 18 heavy (non-hydrogen) atoms. The monoisotopic (exact) mass is 245 g/mol. The second kappa shape index (κ2) is 5.72. The lowest BCUT2D eigenvalue weighted by molar-refractivity contribution is 0.345. The van der Waals surface area contributed by atoms with E-state index in [4.69, 9.17) is 0 Å². The highest BCUT2D eigenvalue weighted by molar-refractivity contribution is 5.54. The average Bonchev–Trinajstić information content (AvgIpc) is 2.84. The third kappa shape index (κ3) is 2.68. The van der Waals surface area contributed by atoms with Gasteiger partial charge < -0.3 is 15.1 Å². The molecule has 3 nitrogen and oxygen atoms in total. The van der Waals surface area contributed by atoms with Crippen molar-refractivity contribution in [2.75, 3.05) is 44.2 Å². The summed E-state index contributed by atoms with van der Waals surface area (Å²) in [6.07, 6.45) is 2.77. The lowest BCUT2D eigenvalue weighted by Crippen LogP contribution is -2.36. The highest BCUT2D eigenvalue weighted by Gasteiger charge is 2.16. The Labute approximate surface area is 110 Å². The number of likely N-dealkylation sites (tertiary alicyclic amines) is 1. The SMILES string of the molecule is c1ccc2c(c1)CNCCN2CCN1CCCC1. The van der Waals surface area contributed by atoms with Gasteiger partial charge in [-0.3, -0.25) is 0 Å². The van der Waals surface area contributed by atoms with Crippen molar-refractivity contribution in [2.24, 2.45) is 0 Å². The average molecular weight is 245 g/mol. The van der Waals surface area contributed by atoms with E-state index in [0.29, 0.717) is 0 Å². The predicted octanol–water partition coefficient (Wildman–Crippen LogP) is 1.69. The smallest absolute Gasteiger partial charge is 0.0412 e. The van der Waals surface area contributed by atoms with Gasteiger partial charge in [0.15, 0.2) is 0 Å². The van der Waals surface area contributed by atoms with E-state index in [1.165, 1.54) is 50.3 Å². The molecular formula is C15H23N3. The summed E-state index contributed by atoms with van der Waals surface area (Å²) in [6.45, 7) is 8.21. The summed E-state index contributed by atoms with van der Waals surface area (Å²) in [5.74, 6) is 0. The maximum absolute atomic E-state index is 3.51. The second-order valence-corrected chi connectivity index (χ2v) is 5.34. The standard InChI is InChI=1S/C15H23N3/c1-2-6-15-14(5-1)13-16-7-10-18(15)12-11-17-8-3-4-9-17/h1-2,5-6,16H,3-4,7-13H2. The number of fused-ring (bicyclic) bond motifs is 1. The van der Waals surface area contributed by atoms with E-state index in [0.717, 1.165) is 19.6 Å². The Morgan fingerprint density at radius 3 is 2.72 bits per heavy atom. The maximum Gasteiger partial charge on any atom is 0.0412 e. The normalized spacial score (nSPS) is 20.8. The van der Waals surface area contributed by atoms with Gasteiger partial charge in [-0.05, 0) is 37.6 Å². The van der Waals surface area contributed by atoms with Gasteiger partial charge >= 0.3 is 0 Å². The Kier molecular flexibility index (Phi) is 3.81. The minimum Gasteiger partial charge on any atom is -0.369 e. The van der Waals surface area contributed by atoms with Gasteiger partial charge in [-0.2, -0.15) is 0 Å². The number of benzene rings is 1. The number of nitrogens with zero attached hydrogens (tertiary/aromatic N) is 2. The quantitative estimate of drug-likeness (QED) is 0.874. The predicted molar refractivity (Wildman–Crippen MR) is 76.0 cm³/mol. The van der Waals surface area contributed by atoms with Gasteiger partial charge in [-0.25, -0.2) is 0 Å². The summed E-state index contributed by atoms with van der Waals surface area (Å²) >= 11 is 0. The zero-order valence-corrected chi connectivity index (χ0v) is 11.1. The van der Waals surface area contributed by atoms with Gasteiger partial charge in [0, 0.05) is 38.4 Å². The van der Waals surface area contributed by atoms with Gasteiger partial charge in [0.05, 0.1) is 0 Å². The summed E-state index contributed by atoms with van der Waals surface area (Å²) in [7, 11) is 0. The molecule has 0 bridgehead atoms. The van der Waals surface area contributed by atoms with Crippen LogP contribution >= 0.6 is 0 Å². The molecule has 2 aliphatic heterocycles. The summed E-state index contributed by atoms with van der Waals surface area (Å²) in [6, 6.07) is 8.82. The lowest BCUT2D eigenvalue weighted by Gasteiger charge is -2.27. The molecule has 0 unspecified atom stereocenters. The molecule has 1 N–H and O–H groups in total. The van der Waals surface area contributed by atoms with Crippen LogP contribution in [0.15, 0.2) is 24.3 Å². The molecule has 2 aliphatic rings. The minimum atomic E-state index is 1.01. The Morgan fingerprint density at radius 1 is 1.00 bits per heavy atom. The van der Waals surface area contributed by atoms with Crippen LogP contribution in [0, 0.1) is 0 Å². The molecule has 0 aromatic heterocycles. The molecule has 0 spiro atoms. The van der Waals surface area contributed by atoms with Crippen molar-refractivity contribution in [3.05, 3.63) is 29.8 Å². The van der Waals surface area contributed by atoms with E-state index in [-0.39, 0.29) is 0 Å². The molecule has 0 aliphatic carbocycles. The Morgan fingerprint density at radius 2 is 1.83 bits per heavy atom. The number of nitrogens with one attached hydrogen (secondary N) is 1. The molecule has 1 saturated heterocycles. The van der Waals surface area contributed by atoms with Crippen LogP contribution in [0.25, 0.3) is 0 Å². The molecule has 1 aromatic rings. The molecule has 0 atom stereocenters. The number of anilines is 1. The van der Waals surface area contributed by atoms with Crippen molar-refractivity contribution in [1.82, 2.24) is 10.2 Å². The van der Waals surface area contributed by atoms with Crippen molar-refractivity contribution in [3.63, 3.8) is 0 Å². The second-order valence-electron chi connectivity index (χ2n) is 5.34. The molecule has 0 amide bonds. The van der Waals surface area contributed by atoms with Crippen molar-refractivity contribution in [1.29, 1.82) is 0 Å². The zero-order chi connectivity index (χ0) is 12.2. The number of rotatable bonds is 3. The maximum atomic E-state index is 3.51. The van der Waals surface area contributed by atoms with Crippen LogP contribution < -0.4 is 10.2 Å².